The Morgan fingerprint density at radius 2 is 2.00 bits per heavy atom. The maximum Gasteiger partial charge on any atom is 0.0926 e. The predicted molar refractivity (Wildman–Crippen MR) is 42.5 cm³/mol. The summed E-state index contributed by atoms with van der Waals surface area (Å²) in [4.78, 5) is 0. The molecule has 0 aliphatic carbocycles. The van der Waals surface area contributed by atoms with Gasteiger partial charge in [-0.2, -0.15) is 0 Å². The van der Waals surface area contributed by atoms with Gasteiger partial charge in [0, 0.05) is 20.8 Å². The monoisotopic (exact) mass is 163 g/mol. The lowest BCUT2D eigenvalue weighted by atomic mass is 10.4. The van der Waals surface area contributed by atoms with E-state index in [-0.39, 0.29) is 6.10 Å². The molecular weight excluding hydrogens is 146 g/mol. The lowest BCUT2D eigenvalue weighted by Crippen LogP contribution is -2.28. The van der Waals surface area contributed by atoms with Crippen molar-refractivity contribution in [3.05, 3.63) is 0 Å². The molecule has 68 valence electrons. The second-order valence-corrected chi connectivity index (χ2v) is 2.16. The summed E-state index contributed by atoms with van der Waals surface area (Å²) in [5, 5.41) is 0. The molecule has 4 heteroatoms. The van der Waals surface area contributed by atoms with Crippen molar-refractivity contribution in [2.24, 2.45) is 5.73 Å². The fourth-order valence-electron chi connectivity index (χ4n) is 0.589. The first-order valence-corrected chi connectivity index (χ1v) is 3.64. The molecule has 2 N–H and O–H groups in total. The highest BCUT2D eigenvalue weighted by Crippen LogP contribution is 1.87. The first-order valence-electron chi connectivity index (χ1n) is 3.64. The molecule has 0 fully saturated rings. The summed E-state index contributed by atoms with van der Waals surface area (Å²) in [5.74, 6) is 0. The minimum absolute atomic E-state index is 0.00635. The van der Waals surface area contributed by atoms with Crippen molar-refractivity contribution >= 4 is 0 Å². The molecule has 0 saturated carbocycles. The van der Waals surface area contributed by atoms with E-state index in [2.05, 4.69) is 0 Å². The molecule has 0 heterocycles. The third-order valence-electron chi connectivity index (χ3n) is 1.33. The molecule has 0 rings (SSSR count). The van der Waals surface area contributed by atoms with Gasteiger partial charge in [-0.05, 0) is 0 Å². The van der Waals surface area contributed by atoms with Gasteiger partial charge in [-0.15, -0.1) is 0 Å². The van der Waals surface area contributed by atoms with E-state index in [1.54, 1.807) is 14.2 Å². The van der Waals surface area contributed by atoms with Crippen molar-refractivity contribution in [3.63, 3.8) is 0 Å². The van der Waals surface area contributed by atoms with Crippen LogP contribution in [0.5, 0.6) is 0 Å². The van der Waals surface area contributed by atoms with Crippen molar-refractivity contribution in [1.29, 1.82) is 0 Å². The Morgan fingerprint density at radius 1 is 1.27 bits per heavy atom. The average molecular weight is 163 g/mol. The fourth-order valence-corrected chi connectivity index (χ4v) is 0.589. The van der Waals surface area contributed by atoms with Crippen LogP contribution >= 0.6 is 0 Å². The number of nitrogens with two attached hydrogens (primary N) is 1. The van der Waals surface area contributed by atoms with Gasteiger partial charge in [0.15, 0.2) is 0 Å². The van der Waals surface area contributed by atoms with Gasteiger partial charge in [0.25, 0.3) is 0 Å². The molecular formula is C7H17NO3. The lowest BCUT2D eigenvalue weighted by molar-refractivity contribution is -0.00300. The zero-order chi connectivity index (χ0) is 8.53. The lowest BCUT2D eigenvalue weighted by Gasteiger charge is -2.12. The second-order valence-electron chi connectivity index (χ2n) is 2.16. The largest absolute Gasteiger partial charge is 0.382 e. The Hall–Kier alpha value is -0.160. The van der Waals surface area contributed by atoms with E-state index < -0.39 is 0 Å². The molecule has 1 unspecified atom stereocenters. The van der Waals surface area contributed by atoms with Crippen molar-refractivity contribution in [2.45, 2.75) is 6.10 Å². The summed E-state index contributed by atoms with van der Waals surface area (Å²) >= 11 is 0. The van der Waals surface area contributed by atoms with Gasteiger partial charge < -0.3 is 19.9 Å². The van der Waals surface area contributed by atoms with E-state index in [1.165, 1.54) is 0 Å². The van der Waals surface area contributed by atoms with Crippen LogP contribution in [0.4, 0.5) is 0 Å². The fraction of sp³-hybridized carbons (Fsp3) is 1.00. The average Bonchev–Trinajstić information content (AvgIpc) is 2.05. The molecule has 0 spiro atoms. The number of hydrogen-bond donors (Lipinski definition) is 1. The molecule has 1 atom stereocenters. The van der Waals surface area contributed by atoms with E-state index in [0.29, 0.717) is 26.4 Å². The molecule has 0 aliphatic heterocycles. The van der Waals surface area contributed by atoms with Crippen molar-refractivity contribution < 1.29 is 14.2 Å². The van der Waals surface area contributed by atoms with Crippen LogP contribution in [0.3, 0.4) is 0 Å². The second kappa shape index (κ2) is 7.94. The summed E-state index contributed by atoms with van der Waals surface area (Å²) in [5.41, 5.74) is 5.36. The van der Waals surface area contributed by atoms with E-state index in [9.17, 15) is 0 Å². The van der Waals surface area contributed by atoms with Gasteiger partial charge in [-0.3, -0.25) is 0 Å². The first kappa shape index (κ1) is 10.8. The normalized spacial score (nSPS) is 13.4. The standard InChI is InChI=1S/C7H17NO3/c1-9-3-4-11-6-7(5-8)10-2/h7H,3-6,8H2,1-2H3. The quantitative estimate of drug-likeness (QED) is 0.520. The highest BCUT2D eigenvalue weighted by molar-refractivity contribution is 4.54. The van der Waals surface area contributed by atoms with Gasteiger partial charge >= 0.3 is 0 Å². The summed E-state index contributed by atoms with van der Waals surface area (Å²) in [6.07, 6.45) is 0.00635. The Bertz CT molecular complexity index is 76.1. The number of ether oxygens (including phenoxy) is 3. The molecule has 0 aromatic carbocycles. The Morgan fingerprint density at radius 3 is 2.45 bits per heavy atom. The SMILES string of the molecule is COCCOCC(CN)OC. The minimum atomic E-state index is 0.00635. The Labute approximate surface area is 67.6 Å². The van der Waals surface area contributed by atoms with Gasteiger partial charge in [-0.25, -0.2) is 0 Å². The summed E-state index contributed by atoms with van der Waals surface area (Å²) < 4.78 is 15.0. The zero-order valence-corrected chi connectivity index (χ0v) is 7.21. The molecule has 0 saturated heterocycles. The first-order chi connectivity index (χ1) is 5.35. The van der Waals surface area contributed by atoms with Crippen LogP contribution in [0.15, 0.2) is 0 Å². The Kier molecular flexibility index (Phi) is 7.83. The van der Waals surface area contributed by atoms with Crippen LogP contribution in [0, 0.1) is 0 Å². The summed E-state index contributed by atoms with van der Waals surface area (Å²) in [6, 6.07) is 0. The van der Waals surface area contributed by atoms with Crippen LogP contribution in [-0.4, -0.2) is 46.7 Å². The van der Waals surface area contributed by atoms with Crippen LogP contribution < -0.4 is 5.73 Å². The maximum absolute atomic E-state index is 5.36. The van der Waals surface area contributed by atoms with Gasteiger partial charge in [0.1, 0.15) is 0 Å². The van der Waals surface area contributed by atoms with Crippen molar-refractivity contribution in [2.75, 3.05) is 40.6 Å². The van der Waals surface area contributed by atoms with E-state index in [0.717, 1.165) is 0 Å². The topological polar surface area (TPSA) is 53.7 Å². The molecule has 11 heavy (non-hydrogen) atoms. The smallest absolute Gasteiger partial charge is 0.0926 e. The molecule has 0 aromatic heterocycles. The van der Waals surface area contributed by atoms with Crippen LogP contribution in [0.25, 0.3) is 0 Å². The van der Waals surface area contributed by atoms with Crippen molar-refractivity contribution in [1.82, 2.24) is 0 Å². The Balaban J connectivity index is 3.07. The van der Waals surface area contributed by atoms with Crippen LogP contribution in [0.2, 0.25) is 0 Å². The summed E-state index contributed by atoms with van der Waals surface area (Å²) in [6.45, 7) is 2.23. The third-order valence-corrected chi connectivity index (χ3v) is 1.33. The van der Waals surface area contributed by atoms with Crippen LogP contribution in [-0.2, 0) is 14.2 Å². The van der Waals surface area contributed by atoms with E-state index >= 15 is 0 Å². The van der Waals surface area contributed by atoms with Crippen LogP contribution in [0.1, 0.15) is 0 Å². The van der Waals surface area contributed by atoms with Gasteiger partial charge in [0.2, 0.25) is 0 Å². The highest BCUT2D eigenvalue weighted by Gasteiger charge is 2.02. The zero-order valence-electron chi connectivity index (χ0n) is 7.21. The minimum Gasteiger partial charge on any atom is -0.382 e. The number of rotatable bonds is 7. The molecule has 0 radical (unpaired) electrons. The molecule has 0 bridgehead atoms. The maximum atomic E-state index is 5.36. The van der Waals surface area contributed by atoms with E-state index in [4.69, 9.17) is 19.9 Å². The molecule has 0 aliphatic rings. The third kappa shape index (κ3) is 6.25. The number of methoxy groups -OCH3 is 2. The number of hydrogen-bond acceptors (Lipinski definition) is 4. The molecule has 0 aromatic rings. The van der Waals surface area contributed by atoms with Gasteiger partial charge in [0.05, 0.1) is 25.9 Å². The summed E-state index contributed by atoms with van der Waals surface area (Å²) in [7, 11) is 3.26. The van der Waals surface area contributed by atoms with Crippen molar-refractivity contribution in [3.8, 4) is 0 Å². The molecule has 4 nitrogen and oxygen atoms in total. The van der Waals surface area contributed by atoms with Gasteiger partial charge in [-0.1, -0.05) is 0 Å². The highest BCUT2D eigenvalue weighted by atomic mass is 16.5. The predicted octanol–water partition coefficient (Wildman–Crippen LogP) is -0.377. The molecule has 0 amide bonds. The van der Waals surface area contributed by atoms with E-state index in [1.807, 2.05) is 0 Å².